The Kier molecular flexibility index (Phi) is 5.68. The van der Waals surface area contributed by atoms with Crippen LogP contribution >= 0.6 is 12.2 Å². The number of halogens is 1. The van der Waals surface area contributed by atoms with E-state index in [2.05, 4.69) is 10.6 Å². The number of nitrogens with zero attached hydrogens (tertiary/aromatic N) is 1. The van der Waals surface area contributed by atoms with Gasteiger partial charge in [0.05, 0.1) is 12.8 Å². The largest absolute Gasteiger partial charge is 0.497 e. The fourth-order valence-corrected chi connectivity index (χ4v) is 2.99. The Hall–Kier alpha value is -2.67. The summed E-state index contributed by atoms with van der Waals surface area (Å²) in [5, 5.41) is 6.56. The third kappa shape index (κ3) is 4.29. The van der Waals surface area contributed by atoms with Gasteiger partial charge in [0.1, 0.15) is 11.6 Å². The number of nitrogens with one attached hydrogen (secondary N) is 2. The molecule has 0 radical (unpaired) electrons. The Morgan fingerprint density at radius 3 is 2.69 bits per heavy atom. The van der Waals surface area contributed by atoms with Crippen LogP contribution in [0.3, 0.4) is 0 Å². The SMILES string of the molecule is COc1ccc(CNC(=S)Nc2ccc(F)c(N3CCCC3=O)c2)cc1. The normalized spacial score (nSPS) is 13.6. The van der Waals surface area contributed by atoms with Gasteiger partial charge in [-0.1, -0.05) is 12.1 Å². The number of carbonyl (C=O) groups is 1. The lowest BCUT2D eigenvalue weighted by molar-refractivity contribution is -0.117. The molecule has 2 aromatic rings. The molecule has 7 heteroatoms. The summed E-state index contributed by atoms with van der Waals surface area (Å²) in [6.45, 7) is 1.09. The molecule has 1 aliphatic heterocycles. The molecule has 1 aliphatic rings. The molecule has 0 aliphatic carbocycles. The molecule has 0 bridgehead atoms. The van der Waals surface area contributed by atoms with E-state index in [1.165, 1.54) is 11.0 Å². The highest BCUT2D eigenvalue weighted by atomic mass is 32.1. The molecule has 0 unspecified atom stereocenters. The van der Waals surface area contributed by atoms with Crippen molar-refractivity contribution in [3.05, 3.63) is 53.8 Å². The summed E-state index contributed by atoms with van der Waals surface area (Å²) in [5.74, 6) is 0.328. The second-order valence-electron chi connectivity index (χ2n) is 5.97. The standard InChI is InChI=1S/C19H20FN3O2S/c1-25-15-7-4-13(5-8-15)12-21-19(26)22-14-6-9-16(20)17(11-14)23-10-2-3-18(23)24/h4-9,11H,2-3,10,12H2,1H3,(H2,21,22,26). The summed E-state index contributed by atoms with van der Waals surface area (Å²) in [6.07, 6.45) is 1.21. The van der Waals surface area contributed by atoms with E-state index in [4.69, 9.17) is 17.0 Å². The van der Waals surface area contributed by atoms with Gasteiger partial charge in [-0.15, -0.1) is 0 Å². The molecule has 5 nitrogen and oxygen atoms in total. The van der Waals surface area contributed by atoms with Crippen molar-refractivity contribution < 1.29 is 13.9 Å². The molecule has 1 fully saturated rings. The number of amides is 1. The van der Waals surface area contributed by atoms with Crippen molar-refractivity contribution in [3.63, 3.8) is 0 Å². The van der Waals surface area contributed by atoms with Crippen molar-refractivity contribution >= 4 is 34.6 Å². The number of hydrogen-bond donors (Lipinski definition) is 2. The van der Waals surface area contributed by atoms with E-state index in [-0.39, 0.29) is 11.6 Å². The second-order valence-corrected chi connectivity index (χ2v) is 6.38. The highest BCUT2D eigenvalue weighted by Crippen LogP contribution is 2.27. The average Bonchev–Trinajstić information content (AvgIpc) is 3.08. The third-order valence-electron chi connectivity index (χ3n) is 4.18. The number of hydrogen-bond acceptors (Lipinski definition) is 3. The summed E-state index contributed by atoms with van der Waals surface area (Å²) in [4.78, 5) is 13.3. The van der Waals surface area contributed by atoms with Gasteiger partial charge in [-0.2, -0.15) is 0 Å². The second kappa shape index (κ2) is 8.14. The van der Waals surface area contributed by atoms with Crippen LogP contribution < -0.4 is 20.3 Å². The molecule has 2 N–H and O–H groups in total. The molecule has 26 heavy (non-hydrogen) atoms. The quantitative estimate of drug-likeness (QED) is 0.787. The van der Waals surface area contributed by atoms with Crippen LogP contribution in [0, 0.1) is 5.82 Å². The first kappa shape index (κ1) is 18.1. The summed E-state index contributed by atoms with van der Waals surface area (Å²) in [5.41, 5.74) is 1.97. The molecule has 136 valence electrons. The molecule has 1 saturated heterocycles. The van der Waals surface area contributed by atoms with Crippen LogP contribution in [0.25, 0.3) is 0 Å². The molecule has 3 rings (SSSR count). The zero-order valence-corrected chi connectivity index (χ0v) is 15.2. The van der Waals surface area contributed by atoms with Gasteiger partial charge in [-0.05, 0) is 54.5 Å². The first-order chi connectivity index (χ1) is 12.6. The van der Waals surface area contributed by atoms with Crippen LogP contribution in [0.4, 0.5) is 15.8 Å². The van der Waals surface area contributed by atoms with Gasteiger partial charge in [0.2, 0.25) is 5.91 Å². The number of benzene rings is 2. The third-order valence-corrected chi connectivity index (χ3v) is 4.43. The molecule has 1 amide bonds. The Labute approximate surface area is 157 Å². The predicted octanol–water partition coefficient (Wildman–Crippen LogP) is 3.45. The topological polar surface area (TPSA) is 53.6 Å². The molecule has 0 saturated carbocycles. The highest BCUT2D eigenvalue weighted by Gasteiger charge is 2.24. The maximum Gasteiger partial charge on any atom is 0.227 e. The average molecular weight is 373 g/mol. The lowest BCUT2D eigenvalue weighted by atomic mass is 10.2. The molecular weight excluding hydrogens is 353 g/mol. The Morgan fingerprint density at radius 2 is 2.04 bits per heavy atom. The van der Waals surface area contributed by atoms with Gasteiger partial charge in [0, 0.05) is 25.2 Å². The zero-order chi connectivity index (χ0) is 18.5. The maximum atomic E-state index is 14.1. The monoisotopic (exact) mass is 373 g/mol. The van der Waals surface area contributed by atoms with Gasteiger partial charge in [-0.25, -0.2) is 4.39 Å². The van der Waals surface area contributed by atoms with Gasteiger partial charge in [0.15, 0.2) is 5.11 Å². The van der Waals surface area contributed by atoms with Crippen LogP contribution in [0.2, 0.25) is 0 Å². The van der Waals surface area contributed by atoms with E-state index in [0.29, 0.717) is 30.3 Å². The number of ether oxygens (including phenoxy) is 1. The van der Waals surface area contributed by atoms with E-state index in [9.17, 15) is 9.18 Å². The summed E-state index contributed by atoms with van der Waals surface area (Å²) in [6, 6.07) is 12.2. The lowest BCUT2D eigenvalue weighted by Crippen LogP contribution is -2.28. The number of carbonyl (C=O) groups excluding carboxylic acids is 1. The minimum Gasteiger partial charge on any atom is -0.497 e. The van der Waals surface area contributed by atoms with E-state index >= 15 is 0 Å². The van der Waals surface area contributed by atoms with Gasteiger partial charge >= 0.3 is 0 Å². The van der Waals surface area contributed by atoms with E-state index < -0.39 is 5.82 Å². The summed E-state index contributed by atoms with van der Waals surface area (Å²) in [7, 11) is 1.62. The smallest absolute Gasteiger partial charge is 0.227 e. The van der Waals surface area contributed by atoms with Crippen molar-refractivity contribution in [2.45, 2.75) is 19.4 Å². The van der Waals surface area contributed by atoms with Crippen LogP contribution in [0.15, 0.2) is 42.5 Å². The predicted molar refractivity (Wildman–Crippen MR) is 104 cm³/mol. The summed E-state index contributed by atoms with van der Waals surface area (Å²) >= 11 is 5.30. The minimum absolute atomic E-state index is 0.0544. The zero-order valence-electron chi connectivity index (χ0n) is 14.4. The number of methoxy groups -OCH3 is 1. The van der Waals surface area contributed by atoms with Crippen molar-refractivity contribution in [2.24, 2.45) is 0 Å². The van der Waals surface area contributed by atoms with Crippen molar-refractivity contribution in [1.82, 2.24) is 5.32 Å². The number of rotatable bonds is 5. The van der Waals surface area contributed by atoms with Crippen molar-refractivity contribution in [3.8, 4) is 5.75 Å². The summed E-state index contributed by atoms with van der Waals surface area (Å²) < 4.78 is 19.2. The first-order valence-electron chi connectivity index (χ1n) is 8.34. The minimum atomic E-state index is -0.414. The molecular formula is C19H20FN3O2S. The first-order valence-corrected chi connectivity index (χ1v) is 8.75. The van der Waals surface area contributed by atoms with Crippen LogP contribution in [0.1, 0.15) is 18.4 Å². The molecule has 0 spiro atoms. The van der Waals surface area contributed by atoms with Gasteiger partial charge < -0.3 is 20.3 Å². The van der Waals surface area contributed by atoms with Crippen molar-refractivity contribution in [2.75, 3.05) is 23.9 Å². The highest BCUT2D eigenvalue weighted by molar-refractivity contribution is 7.80. The van der Waals surface area contributed by atoms with Crippen LogP contribution in [-0.2, 0) is 11.3 Å². The number of anilines is 2. The molecule has 1 heterocycles. The van der Waals surface area contributed by atoms with Crippen LogP contribution in [0.5, 0.6) is 5.75 Å². The maximum absolute atomic E-state index is 14.1. The van der Waals surface area contributed by atoms with Gasteiger partial charge in [-0.3, -0.25) is 4.79 Å². The Balaban J connectivity index is 1.61. The van der Waals surface area contributed by atoms with E-state index in [0.717, 1.165) is 17.7 Å². The lowest BCUT2D eigenvalue weighted by Gasteiger charge is -2.18. The molecule has 0 aromatic heterocycles. The van der Waals surface area contributed by atoms with Crippen LogP contribution in [-0.4, -0.2) is 24.7 Å². The fourth-order valence-electron chi connectivity index (χ4n) is 2.80. The number of thiocarbonyl (C=S) groups is 1. The Morgan fingerprint density at radius 1 is 1.27 bits per heavy atom. The molecule has 0 atom stereocenters. The van der Waals surface area contributed by atoms with E-state index in [1.807, 2.05) is 24.3 Å². The molecule has 2 aromatic carbocycles. The van der Waals surface area contributed by atoms with Gasteiger partial charge in [0.25, 0.3) is 0 Å². The Bertz CT molecular complexity index is 811. The van der Waals surface area contributed by atoms with Crippen molar-refractivity contribution in [1.29, 1.82) is 0 Å². The fraction of sp³-hybridized carbons (Fsp3) is 0.263. The van der Waals surface area contributed by atoms with E-state index in [1.54, 1.807) is 19.2 Å².